The molecule has 1 unspecified atom stereocenters. The van der Waals surface area contributed by atoms with Crippen molar-refractivity contribution in [2.45, 2.75) is 23.9 Å². The van der Waals surface area contributed by atoms with E-state index < -0.39 is 17.9 Å². The maximum atomic E-state index is 12.0. The van der Waals surface area contributed by atoms with Crippen LogP contribution in [0.3, 0.4) is 0 Å². The fourth-order valence-electron chi connectivity index (χ4n) is 1.77. The summed E-state index contributed by atoms with van der Waals surface area (Å²) >= 11 is 2.50. The number of carboxylic acid groups (broad SMARTS) is 1. The topological polar surface area (TPSA) is 95.4 Å². The molecule has 0 saturated heterocycles. The number of urea groups is 1. The van der Waals surface area contributed by atoms with Crippen molar-refractivity contribution in [3.05, 3.63) is 29.8 Å². The van der Waals surface area contributed by atoms with Crippen molar-refractivity contribution < 1.29 is 14.7 Å². The minimum Gasteiger partial charge on any atom is -0.481 e. The number of aliphatic carboxylic acids is 1. The van der Waals surface area contributed by atoms with E-state index in [4.69, 9.17) is 5.11 Å². The van der Waals surface area contributed by atoms with Crippen LogP contribution in [0.4, 0.5) is 9.93 Å². The van der Waals surface area contributed by atoms with Crippen LogP contribution in [0.1, 0.15) is 12.5 Å². The number of hydrogen-bond acceptors (Lipinski definition) is 6. The van der Waals surface area contributed by atoms with Gasteiger partial charge in [0.25, 0.3) is 0 Å². The molecular weight excluding hydrogens is 348 g/mol. The van der Waals surface area contributed by atoms with Gasteiger partial charge in [-0.15, -0.1) is 0 Å². The molecule has 128 valence electrons. The molecule has 0 aliphatic carbocycles. The van der Waals surface area contributed by atoms with Crippen LogP contribution in [-0.4, -0.2) is 45.0 Å². The van der Waals surface area contributed by atoms with E-state index in [0.717, 1.165) is 16.4 Å². The maximum absolute atomic E-state index is 12.0. The number of anilines is 1. The Kier molecular flexibility index (Phi) is 6.16. The lowest BCUT2D eigenvalue weighted by molar-refractivity contribution is -0.141. The van der Waals surface area contributed by atoms with E-state index in [2.05, 4.69) is 14.7 Å². The lowest BCUT2D eigenvalue weighted by Crippen LogP contribution is -2.36. The molecule has 1 atom stereocenters. The van der Waals surface area contributed by atoms with Crippen molar-refractivity contribution >= 4 is 40.4 Å². The highest BCUT2D eigenvalue weighted by molar-refractivity contribution is 7.99. The van der Waals surface area contributed by atoms with E-state index >= 15 is 0 Å². The molecule has 1 aromatic heterocycles. The summed E-state index contributed by atoms with van der Waals surface area (Å²) in [5.41, 5.74) is 1.18. The highest BCUT2D eigenvalue weighted by Crippen LogP contribution is 2.27. The van der Waals surface area contributed by atoms with Crippen LogP contribution in [0.15, 0.2) is 34.3 Å². The predicted octanol–water partition coefficient (Wildman–Crippen LogP) is 3.18. The summed E-state index contributed by atoms with van der Waals surface area (Å²) < 4.78 is 4.20. The third-order valence-corrected chi connectivity index (χ3v) is 4.79. The number of rotatable bonds is 6. The van der Waals surface area contributed by atoms with Gasteiger partial charge in [0.15, 0.2) is 0 Å². The quantitative estimate of drug-likeness (QED) is 0.815. The Balaban J connectivity index is 1.92. The Labute approximate surface area is 148 Å². The first-order valence-electron chi connectivity index (χ1n) is 7.18. The molecule has 0 bridgehead atoms. The minimum absolute atomic E-state index is 0.116. The van der Waals surface area contributed by atoms with E-state index in [1.54, 1.807) is 6.92 Å². The number of carbonyl (C=O) groups is 2. The van der Waals surface area contributed by atoms with Gasteiger partial charge < -0.3 is 10.0 Å². The minimum atomic E-state index is -0.942. The van der Waals surface area contributed by atoms with Crippen LogP contribution in [0.2, 0.25) is 0 Å². The maximum Gasteiger partial charge on any atom is 0.323 e. The first-order chi connectivity index (χ1) is 11.3. The van der Waals surface area contributed by atoms with Crippen LogP contribution in [0, 0.1) is 12.8 Å². The Morgan fingerprint density at radius 2 is 2.04 bits per heavy atom. The molecule has 2 rings (SSSR count). The van der Waals surface area contributed by atoms with Crippen LogP contribution in [0.5, 0.6) is 0 Å². The van der Waals surface area contributed by atoms with Crippen molar-refractivity contribution in [2.75, 3.05) is 18.9 Å². The van der Waals surface area contributed by atoms with Gasteiger partial charge in [-0.2, -0.15) is 9.36 Å². The molecule has 0 spiro atoms. The van der Waals surface area contributed by atoms with Crippen molar-refractivity contribution in [3.63, 3.8) is 0 Å². The third-order valence-electron chi connectivity index (χ3n) is 3.17. The summed E-state index contributed by atoms with van der Waals surface area (Å²) in [6, 6.07) is 7.58. The molecule has 0 aliphatic heterocycles. The lowest BCUT2D eigenvalue weighted by Gasteiger charge is -2.18. The van der Waals surface area contributed by atoms with E-state index in [9.17, 15) is 9.59 Å². The molecule has 0 fully saturated rings. The average molecular weight is 366 g/mol. The van der Waals surface area contributed by atoms with Crippen LogP contribution in [-0.2, 0) is 4.79 Å². The Bertz CT molecular complexity index is 718. The van der Waals surface area contributed by atoms with Crippen LogP contribution >= 0.6 is 23.3 Å². The number of hydrogen-bond donors (Lipinski definition) is 2. The molecule has 9 heteroatoms. The fraction of sp³-hybridized carbons (Fsp3) is 0.333. The molecule has 1 heterocycles. The number of aryl methyl sites for hydroxylation is 1. The fourth-order valence-corrected chi connectivity index (χ4v) is 3.18. The molecule has 0 saturated carbocycles. The summed E-state index contributed by atoms with van der Waals surface area (Å²) in [7, 11) is 1.54. The van der Waals surface area contributed by atoms with Crippen molar-refractivity contribution in [1.82, 2.24) is 14.3 Å². The summed E-state index contributed by atoms with van der Waals surface area (Å²) in [6.07, 6.45) is 0. The van der Waals surface area contributed by atoms with Crippen molar-refractivity contribution in [3.8, 4) is 0 Å². The second-order valence-electron chi connectivity index (χ2n) is 5.35. The first kappa shape index (κ1) is 18.2. The standard InChI is InChI=1S/C15H18N4O3S2/c1-9-4-6-11(7-5-9)23-14-16-13(24-18-14)17-15(22)19(3)8-10(2)12(20)21/h4-7,10H,8H2,1-3H3,(H,20,21)(H,16,17,18,22). The van der Waals surface area contributed by atoms with Gasteiger partial charge in [-0.25, -0.2) is 4.79 Å². The number of carbonyl (C=O) groups excluding carboxylic acids is 1. The number of aromatic nitrogens is 2. The number of benzene rings is 1. The van der Waals surface area contributed by atoms with Crippen LogP contribution in [0.25, 0.3) is 0 Å². The highest BCUT2D eigenvalue weighted by atomic mass is 32.2. The Morgan fingerprint density at radius 1 is 1.38 bits per heavy atom. The van der Waals surface area contributed by atoms with Gasteiger partial charge in [-0.1, -0.05) is 24.6 Å². The normalized spacial score (nSPS) is 11.8. The van der Waals surface area contributed by atoms with E-state index in [0.29, 0.717) is 10.3 Å². The van der Waals surface area contributed by atoms with Gasteiger partial charge in [-0.3, -0.25) is 10.1 Å². The number of nitrogens with zero attached hydrogens (tertiary/aromatic N) is 3. The first-order valence-corrected chi connectivity index (χ1v) is 8.77. The predicted molar refractivity (Wildman–Crippen MR) is 93.7 cm³/mol. The Hall–Kier alpha value is -2.13. The van der Waals surface area contributed by atoms with E-state index in [-0.39, 0.29) is 6.54 Å². The molecule has 0 aliphatic rings. The Morgan fingerprint density at radius 3 is 2.67 bits per heavy atom. The molecular formula is C15H18N4O3S2. The zero-order chi connectivity index (χ0) is 17.7. The second kappa shape index (κ2) is 8.11. The summed E-state index contributed by atoms with van der Waals surface area (Å²) in [4.78, 5) is 29.5. The SMILES string of the molecule is Cc1ccc(Sc2nsc(NC(=O)N(C)CC(C)C(=O)O)n2)cc1. The smallest absolute Gasteiger partial charge is 0.323 e. The average Bonchev–Trinajstić information content (AvgIpc) is 2.96. The van der Waals surface area contributed by atoms with Gasteiger partial charge >= 0.3 is 12.0 Å². The van der Waals surface area contributed by atoms with E-state index in [1.165, 1.54) is 29.3 Å². The zero-order valence-corrected chi connectivity index (χ0v) is 15.1. The summed E-state index contributed by atoms with van der Waals surface area (Å²) in [5, 5.41) is 12.4. The van der Waals surface area contributed by atoms with Gasteiger partial charge in [0.2, 0.25) is 10.3 Å². The summed E-state index contributed by atoms with van der Waals surface area (Å²) in [5.74, 6) is -1.58. The number of nitrogens with one attached hydrogen (secondary N) is 1. The van der Waals surface area contributed by atoms with Crippen molar-refractivity contribution in [1.29, 1.82) is 0 Å². The third kappa shape index (κ3) is 5.20. The van der Waals surface area contributed by atoms with Gasteiger partial charge in [0.1, 0.15) is 0 Å². The highest BCUT2D eigenvalue weighted by Gasteiger charge is 2.18. The zero-order valence-electron chi connectivity index (χ0n) is 13.5. The van der Waals surface area contributed by atoms with Crippen LogP contribution < -0.4 is 5.32 Å². The van der Waals surface area contributed by atoms with Crippen molar-refractivity contribution in [2.24, 2.45) is 5.92 Å². The van der Waals surface area contributed by atoms with Gasteiger partial charge in [0.05, 0.1) is 5.92 Å². The molecule has 7 nitrogen and oxygen atoms in total. The van der Waals surface area contributed by atoms with E-state index in [1.807, 2.05) is 31.2 Å². The molecule has 0 radical (unpaired) electrons. The second-order valence-corrected chi connectivity index (χ2v) is 7.14. The van der Waals surface area contributed by atoms with Gasteiger partial charge in [0, 0.05) is 30.0 Å². The molecule has 24 heavy (non-hydrogen) atoms. The largest absolute Gasteiger partial charge is 0.481 e. The monoisotopic (exact) mass is 366 g/mol. The lowest BCUT2D eigenvalue weighted by atomic mass is 10.2. The summed E-state index contributed by atoms with van der Waals surface area (Å²) in [6.45, 7) is 3.68. The number of carboxylic acids is 1. The van der Waals surface area contributed by atoms with Gasteiger partial charge in [-0.05, 0) is 30.8 Å². The molecule has 2 N–H and O–H groups in total. The number of amides is 2. The molecule has 2 amide bonds. The molecule has 2 aromatic rings. The molecule has 1 aromatic carbocycles.